The van der Waals surface area contributed by atoms with Gasteiger partial charge in [-0.1, -0.05) is 25.8 Å². The summed E-state index contributed by atoms with van der Waals surface area (Å²) in [6.07, 6.45) is 7.36. The second-order valence-corrected chi connectivity index (χ2v) is 4.94. The molecule has 1 heterocycles. The SMILES string of the molecule is C=C/C(=C\C=NC)C(=C)Nc1ccc2c(c1)CCC(=C)N2. The Labute approximate surface area is 126 Å². The number of hydrogen-bond donors (Lipinski definition) is 2. The zero-order chi connectivity index (χ0) is 15.2. The fourth-order valence-corrected chi connectivity index (χ4v) is 2.23. The van der Waals surface area contributed by atoms with Crippen LogP contribution >= 0.6 is 0 Å². The number of nitrogens with one attached hydrogen (secondary N) is 2. The van der Waals surface area contributed by atoms with E-state index in [2.05, 4.69) is 47.5 Å². The first kappa shape index (κ1) is 14.9. The lowest BCUT2D eigenvalue weighted by Crippen LogP contribution is -2.09. The van der Waals surface area contributed by atoms with E-state index >= 15 is 0 Å². The van der Waals surface area contributed by atoms with Crippen molar-refractivity contribution < 1.29 is 0 Å². The molecule has 2 N–H and O–H groups in total. The van der Waals surface area contributed by atoms with Gasteiger partial charge in [0.25, 0.3) is 0 Å². The van der Waals surface area contributed by atoms with Crippen molar-refractivity contribution in [3.63, 3.8) is 0 Å². The quantitative estimate of drug-likeness (QED) is 0.623. The molecular weight excluding hydrogens is 258 g/mol. The number of nitrogens with zero attached hydrogens (tertiary/aromatic N) is 1. The minimum absolute atomic E-state index is 0.804. The summed E-state index contributed by atoms with van der Waals surface area (Å²) in [7, 11) is 1.73. The third-order valence-corrected chi connectivity index (χ3v) is 3.38. The zero-order valence-electron chi connectivity index (χ0n) is 12.4. The molecule has 3 heteroatoms. The number of anilines is 2. The maximum Gasteiger partial charge on any atom is 0.0415 e. The lowest BCUT2D eigenvalue weighted by molar-refractivity contribution is 0.919. The molecule has 2 rings (SSSR count). The van der Waals surface area contributed by atoms with Crippen molar-refractivity contribution in [3.8, 4) is 0 Å². The Morgan fingerprint density at radius 2 is 2.19 bits per heavy atom. The van der Waals surface area contributed by atoms with Gasteiger partial charge in [-0.3, -0.25) is 4.99 Å². The molecule has 1 aromatic carbocycles. The van der Waals surface area contributed by atoms with E-state index in [4.69, 9.17) is 0 Å². The molecule has 21 heavy (non-hydrogen) atoms. The number of aliphatic imine (C=N–C) groups is 1. The second-order valence-electron chi connectivity index (χ2n) is 4.94. The fraction of sp³-hybridized carbons (Fsp3) is 0.167. The van der Waals surface area contributed by atoms with Crippen LogP contribution in [0.1, 0.15) is 12.0 Å². The number of benzene rings is 1. The van der Waals surface area contributed by atoms with E-state index in [0.29, 0.717) is 0 Å². The summed E-state index contributed by atoms with van der Waals surface area (Å²) in [6, 6.07) is 6.25. The average Bonchev–Trinajstić information content (AvgIpc) is 2.48. The van der Waals surface area contributed by atoms with E-state index in [-0.39, 0.29) is 0 Å². The molecule has 0 amide bonds. The summed E-state index contributed by atoms with van der Waals surface area (Å²) >= 11 is 0. The van der Waals surface area contributed by atoms with Crippen LogP contribution in [-0.4, -0.2) is 13.3 Å². The normalized spacial score (nSPS) is 14.5. The van der Waals surface area contributed by atoms with Crippen molar-refractivity contribution in [2.75, 3.05) is 17.7 Å². The average molecular weight is 279 g/mol. The molecule has 108 valence electrons. The van der Waals surface area contributed by atoms with E-state index in [1.165, 1.54) is 5.56 Å². The molecule has 0 spiro atoms. The van der Waals surface area contributed by atoms with Gasteiger partial charge in [0.05, 0.1) is 0 Å². The van der Waals surface area contributed by atoms with E-state index in [9.17, 15) is 0 Å². The van der Waals surface area contributed by atoms with Crippen molar-refractivity contribution >= 4 is 17.6 Å². The van der Waals surface area contributed by atoms with Crippen molar-refractivity contribution in [1.82, 2.24) is 0 Å². The molecular formula is C18H21N3. The van der Waals surface area contributed by atoms with E-state index < -0.39 is 0 Å². The molecule has 0 aliphatic carbocycles. The maximum absolute atomic E-state index is 4.06. The van der Waals surface area contributed by atoms with Gasteiger partial charge in [-0.25, -0.2) is 0 Å². The Balaban J connectivity index is 2.15. The molecule has 0 fully saturated rings. The summed E-state index contributed by atoms with van der Waals surface area (Å²) in [5.74, 6) is 0. The molecule has 0 atom stereocenters. The molecule has 0 aromatic heterocycles. The van der Waals surface area contributed by atoms with Gasteiger partial charge < -0.3 is 10.6 Å². The first-order valence-corrected chi connectivity index (χ1v) is 6.93. The fourth-order valence-electron chi connectivity index (χ4n) is 2.23. The highest BCUT2D eigenvalue weighted by molar-refractivity contribution is 5.75. The third-order valence-electron chi connectivity index (χ3n) is 3.38. The van der Waals surface area contributed by atoms with Crippen LogP contribution in [0.3, 0.4) is 0 Å². The number of allylic oxidation sites excluding steroid dienone is 3. The number of rotatable bonds is 5. The predicted octanol–water partition coefficient (Wildman–Crippen LogP) is 4.30. The molecule has 3 nitrogen and oxygen atoms in total. The summed E-state index contributed by atoms with van der Waals surface area (Å²) in [5.41, 5.74) is 6.25. The van der Waals surface area contributed by atoms with Gasteiger partial charge >= 0.3 is 0 Å². The van der Waals surface area contributed by atoms with Gasteiger partial charge in [-0.05, 0) is 48.3 Å². The monoisotopic (exact) mass is 279 g/mol. The van der Waals surface area contributed by atoms with Gasteiger partial charge in [-0.15, -0.1) is 0 Å². The summed E-state index contributed by atoms with van der Waals surface area (Å²) < 4.78 is 0. The van der Waals surface area contributed by atoms with Gasteiger partial charge in [0.2, 0.25) is 0 Å². The number of hydrogen-bond acceptors (Lipinski definition) is 3. The van der Waals surface area contributed by atoms with Crippen LogP contribution in [0.15, 0.2) is 72.0 Å². The Morgan fingerprint density at radius 1 is 1.38 bits per heavy atom. The van der Waals surface area contributed by atoms with E-state index in [1.807, 2.05) is 12.1 Å². The molecule has 0 radical (unpaired) electrons. The van der Waals surface area contributed by atoms with Gasteiger partial charge in [0, 0.05) is 36.0 Å². The third kappa shape index (κ3) is 3.72. The van der Waals surface area contributed by atoms with Crippen LogP contribution in [0.25, 0.3) is 0 Å². The van der Waals surface area contributed by atoms with Crippen molar-refractivity contribution in [2.24, 2.45) is 4.99 Å². The molecule has 0 bridgehead atoms. The molecule has 1 aliphatic rings. The highest BCUT2D eigenvalue weighted by Crippen LogP contribution is 2.29. The zero-order valence-corrected chi connectivity index (χ0v) is 12.4. The standard InChI is InChI=1S/C18H21N3/c1-5-15(10-11-19-4)14(3)21-17-8-9-18-16(12-17)7-6-13(2)20-18/h5,8-12,20-21H,1-3,6-7H2,4H3/b15-10+,19-11?. The summed E-state index contributed by atoms with van der Waals surface area (Å²) in [6.45, 7) is 11.8. The van der Waals surface area contributed by atoms with Crippen LogP contribution in [-0.2, 0) is 6.42 Å². The van der Waals surface area contributed by atoms with Crippen LogP contribution in [0.5, 0.6) is 0 Å². The van der Waals surface area contributed by atoms with Gasteiger partial charge in [-0.2, -0.15) is 0 Å². The Bertz CT molecular complexity index is 636. The van der Waals surface area contributed by atoms with Crippen LogP contribution < -0.4 is 10.6 Å². The van der Waals surface area contributed by atoms with Crippen LogP contribution in [0.2, 0.25) is 0 Å². The number of aryl methyl sites for hydroxylation is 1. The van der Waals surface area contributed by atoms with Crippen molar-refractivity contribution in [2.45, 2.75) is 12.8 Å². The first-order valence-electron chi connectivity index (χ1n) is 6.93. The minimum atomic E-state index is 0.804. The van der Waals surface area contributed by atoms with Crippen molar-refractivity contribution in [1.29, 1.82) is 0 Å². The highest BCUT2D eigenvalue weighted by Gasteiger charge is 2.11. The molecule has 0 saturated heterocycles. The topological polar surface area (TPSA) is 36.4 Å². The molecule has 1 aliphatic heterocycles. The number of fused-ring (bicyclic) bond motifs is 1. The largest absolute Gasteiger partial charge is 0.359 e. The Hall–Kier alpha value is -2.55. The van der Waals surface area contributed by atoms with Crippen LogP contribution in [0, 0.1) is 0 Å². The lowest BCUT2D eigenvalue weighted by Gasteiger charge is -2.21. The van der Waals surface area contributed by atoms with E-state index in [1.54, 1.807) is 19.3 Å². The predicted molar refractivity (Wildman–Crippen MR) is 93.0 cm³/mol. The molecule has 0 unspecified atom stereocenters. The van der Waals surface area contributed by atoms with Crippen LogP contribution in [0.4, 0.5) is 11.4 Å². The van der Waals surface area contributed by atoms with E-state index in [0.717, 1.165) is 41.2 Å². The van der Waals surface area contributed by atoms with Gasteiger partial charge in [0.15, 0.2) is 0 Å². The second kappa shape index (κ2) is 6.75. The smallest absolute Gasteiger partial charge is 0.0415 e. The minimum Gasteiger partial charge on any atom is -0.359 e. The molecule has 1 aromatic rings. The molecule has 0 saturated carbocycles. The Kier molecular flexibility index (Phi) is 4.77. The summed E-state index contributed by atoms with van der Waals surface area (Å²) in [5, 5.41) is 6.63. The first-order chi connectivity index (χ1) is 10.1. The van der Waals surface area contributed by atoms with Crippen molar-refractivity contribution in [3.05, 3.63) is 72.6 Å². The Morgan fingerprint density at radius 3 is 2.90 bits per heavy atom. The van der Waals surface area contributed by atoms with Gasteiger partial charge in [0.1, 0.15) is 0 Å². The summed E-state index contributed by atoms with van der Waals surface area (Å²) in [4.78, 5) is 3.94. The maximum atomic E-state index is 4.06. The highest BCUT2D eigenvalue weighted by atomic mass is 14.9. The lowest BCUT2D eigenvalue weighted by atomic mass is 10.0.